The average molecular weight is 257 g/mol. The molecule has 2 aromatic heterocycles. The van der Waals surface area contributed by atoms with Crippen molar-refractivity contribution in [3.05, 3.63) is 58.1 Å². The highest BCUT2D eigenvalue weighted by Crippen LogP contribution is 2.06. The van der Waals surface area contributed by atoms with Crippen LogP contribution in [0.4, 0.5) is 5.82 Å². The summed E-state index contributed by atoms with van der Waals surface area (Å²) in [4.78, 5) is 16.3. The molecule has 2 aromatic rings. The fourth-order valence-corrected chi connectivity index (χ4v) is 1.83. The third-order valence-electron chi connectivity index (χ3n) is 2.85. The predicted octanol–water partition coefficient (Wildman–Crippen LogP) is 2.42. The molecule has 0 aliphatic rings. The van der Waals surface area contributed by atoms with Crippen LogP contribution in [0.15, 0.2) is 41.3 Å². The van der Waals surface area contributed by atoms with E-state index in [9.17, 15) is 4.79 Å². The van der Waals surface area contributed by atoms with E-state index in [1.165, 1.54) is 0 Å². The van der Waals surface area contributed by atoms with Gasteiger partial charge in [-0.2, -0.15) is 0 Å². The highest BCUT2D eigenvalue weighted by atomic mass is 16.1. The number of anilines is 1. The zero-order valence-electron chi connectivity index (χ0n) is 11.4. The van der Waals surface area contributed by atoms with Crippen LogP contribution in [0.5, 0.6) is 0 Å². The quantitative estimate of drug-likeness (QED) is 0.894. The van der Waals surface area contributed by atoms with Gasteiger partial charge in [-0.05, 0) is 37.1 Å². The van der Waals surface area contributed by atoms with Crippen molar-refractivity contribution in [1.82, 2.24) is 9.55 Å². The van der Waals surface area contributed by atoms with E-state index in [1.807, 2.05) is 37.4 Å². The van der Waals surface area contributed by atoms with Gasteiger partial charge in [-0.15, -0.1) is 0 Å². The predicted molar refractivity (Wildman–Crippen MR) is 77.6 cm³/mol. The molecule has 0 atom stereocenters. The molecule has 0 bridgehead atoms. The summed E-state index contributed by atoms with van der Waals surface area (Å²) in [5.41, 5.74) is 1.87. The van der Waals surface area contributed by atoms with Gasteiger partial charge < -0.3 is 9.88 Å². The molecule has 0 spiro atoms. The molecule has 0 saturated carbocycles. The molecule has 0 saturated heterocycles. The maximum atomic E-state index is 11.8. The number of aryl methyl sites for hydroxylation is 1. The minimum Gasteiger partial charge on any atom is -0.370 e. The molecule has 0 aromatic carbocycles. The van der Waals surface area contributed by atoms with Gasteiger partial charge in [-0.25, -0.2) is 4.98 Å². The lowest BCUT2D eigenvalue weighted by atomic mass is 10.3. The standard InChI is InChI=1S/C15H19N3O/c1-3-8-16-14-6-4-5-13(17-14)11-18-9-7-12(2)10-15(18)19/h4-7,9-10H,3,8,11H2,1-2H3,(H,16,17). The number of nitrogens with zero attached hydrogens (tertiary/aromatic N) is 2. The zero-order valence-corrected chi connectivity index (χ0v) is 11.4. The molecule has 19 heavy (non-hydrogen) atoms. The van der Waals surface area contributed by atoms with Gasteiger partial charge in [0.25, 0.3) is 5.56 Å². The van der Waals surface area contributed by atoms with E-state index in [1.54, 1.807) is 10.6 Å². The van der Waals surface area contributed by atoms with Crippen molar-refractivity contribution in [3.63, 3.8) is 0 Å². The maximum absolute atomic E-state index is 11.8. The van der Waals surface area contributed by atoms with E-state index in [4.69, 9.17) is 0 Å². The summed E-state index contributed by atoms with van der Waals surface area (Å²) in [6.07, 6.45) is 2.87. The Bertz CT molecular complexity index is 604. The van der Waals surface area contributed by atoms with Gasteiger partial charge in [0.1, 0.15) is 5.82 Å². The van der Waals surface area contributed by atoms with Crippen molar-refractivity contribution >= 4 is 5.82 Å². The monoisotopic (exact) mass is 257 g/mol. The largest absolute Gasteiger partial charge is 0.370 e. The number of rotatable bonds is 5. The van der Waals surface area contributed by atoms with Gasteiger partial charge in [-0.3, -0.25) is 4.79 Å². The fourth-order valence-electron chi connectivity index (χ4n) is 1.83. The second-order valence-electron chi connectivity index (χ2n) is 4.61. The van der Waals surface area contributed by atoms with E-state index in [0.29, 0.717) is 6.54 Å². The van der Waals surface area contributed by atoms with Crippen molar-refractivity contribution in [1.29, 1.82) is 0 Å². The molecule has 0 amide bonds. The number of hydrogen-bond donors (Lipinski definition) is 1. The van der Waals surface area contributed by atoms with Crippen molar-refractivity contribution in [3.8, 4) is 0 Å². The Morgan fingerprint density at radius 3 is 2.89 bits per heavy atom. The first-order chi connectivity index (χ1) is 9.19. The van der Waals surface area contributed by atoms with Crippen LogP contribution in [0.1, 0.15) is 24.6 Å². The van der Waals surface area contributed by atoms with Crippen molar-refractivity contribution in [2.75, 3.05) is 11.9 Å². The minimum absolute atomic E-state index is 0.00807. The molecule has 0 fully saturated rings. The lowest BCUT2D eigenvalue weighted by molar-refractivity contribution is 0.737. The molecule has 0 aliphatic heterocycles. The first kappa shape index (κ1) is 13.3. The van der Waals surface area contributed by atoms with Crippen LogP contribution in [-0.4, -0.2) is 16.1 Å². The van der Waals surface area contributed by atoms with Crippen LogP contribution in [-0.2, 0) is 6.54 Å². The summed E-state index contributed by atoms with van der Waals surface area (Å²) in [5, 5.41) is 3.25. The van der Waals surface area contributed by atoms with Crippen LogP contribution in [0.25, 0.3) is 0 Å². The van der Waals surface area contributed by atoms with Crippen LogP contribution in [0, 0.1) is 6.92 Å². The Morgan fingerprint density at radius 2 is 2.16 bits per heavy atom. The molecule has 4 heteroatoms. The zero-order chi connectivity index (χ0) is 13.7. The lowest BCUT2D eigenvalue weighted by Gasteiger charge is -2.08. The first-order valence-electron chi connectivity index (χ1n) is 6.56. The topological polar surface area (TPSA) is 46.9 Å². The van der Waals surface area contributed by atoms with E-state index in [2.05, 4.69) is 17.2 Å². The molecule has 2 heterocycles. The summed E-state index contributed by atoms with van der Waals surface area (Å²) < 4.78 is 1.67. The van der Waals surface area contributed by atoms with Gasteiger partial charge >= 0.3 is 0 Å². The molecule has 0 aliphatic carbocycles. The summed E-state index contributed by atoms with van der Waals surface area (Å²) in [6, 6.07) is 9.40. The van der Waals surface area contributed by atoms with Crippen LogP contribution < -0.4 is 10.9 Å². The number of nitrogens with one attached hydrogen (secondary N) is 1. The van der Waals surface area contributed by atoms with E-state index < -0.39 is 0 Å². The van der Waals surface area contributed by atoms with Gasteiger partial charge in [0, 0.05) is 18.8 Å². The second-order valence-corrected chi connectivity index (χ2v) is 4.61. The van der Waals surface area contributed by atoms with Gasteiger partial charge in [0.2, 0.25) is 0 Å². The number of pyridine rings is 2. The van der Waals surface area contributed by atoms with Crippen molar-refractivity contribution < 1.29 is 0 Å². The molecule has 4 nitrogen and oxygen atoms in total. The Balaban J connectivity index is 2.16. The molecular formula is C15H19N3O. The Morgan fingerprint density at radius 1 is 1.32 bits per heavy atom. The van der Waals surface area contributed by atoms with Gasteiger partial charge in [0.05, 0.1) is 12.2 Å². The summed E-state index contributed by atoms with van der Waals surface area (Å²) in [7, 11) is 0. The molecule has 2 rings (SSSR count). The summed E-state index contributed by atoms with van der Waals surface area (Å²) >= 11 is 0. The highest BCUT2D eigenvalue weighted by Gasteiger charge is 2.01. The van der Waals surface area contributed by atoms with Gasteiger partial charge in [0.15, 0.2) is 0 Å². The summed E-state index contributed by atoms with van der Waals surface area (Å²) in [5.74, 6) is 0.861. The molecule has 0 unspecified atom stereocenters. The Labute approximate surface area is 113 Å². The molecule has 0 radical (unpaired) electrons. The second kappa shape index (κ2) is 6.18. The van der Waals surface area contributed by atoms with Crippen LogP contribution in [0.2, 0.25) is 0 Å². The fraction of sp³-hybridized carbons (Fsp3) is 0.333. The number of aromatic nitrogens is 2. The molecular weight excluding hydrogens is 238 g/mol. The molecule has 1 N–H and O–H groups in total. The van der Waals surface area contributed by atoms with E-state index in [-0.39, 0.29) is 5.56 Å². The third-order valence-corrected chi connectivity index (χ3v) is 2.85. The number of hydrogen-bond acceptors (Lipinski definition) is 3. The average Bonchev–Trinajstić information content (AvgIpc) is 2.40. The van der Waals surface area contributed by atoms with Crippen LogP contribution >= 0.6 is 0 Å². The van der Waals surface area contributed by atoms with Crippen molar-refractivity contribution in [2.45, 2.75) is 26.8 Å². The van der Waals surface area contributed by atoms with E-state index in [0.717, 1.165) is 30.0 Å². The third kappa shape index (κ3) is 3.68. The minimum atomic E-state index is 0.00807. The van der Waals surface area contributed by atoms with Crippen LogP contribution in [0.3, 0.4) is 0 Å². The SMILES string of the molecule is CCCNc1cccc(Cn2ccc(C)cc2=O)n1. The molecule has 100 valence electrons. The Hall–Kier alpha value is -2.10. The Kier molecular flexibility index (Phi) is 4.34. The van der Waals surface area contributed by atoms with Gasteiger partial charge in [-0.1, -0.05) is 13.0 Å². The first-order valence-corrected chi connectivity index (χ1v) is 6.56. The van der Waals surface area contributed by atoms with E-state index >= 15 is 0 Å². The highest BCUT2D eigenvalue weighted by molar-refractivity contribution is 5.35. The smallest absolute Gasteiger partial charge is 0.251 e. The normalized spacial score (nSPS) is 10.4. The maximum Gasteiger partial charge on any atom is 0.251 e. The lowest BCUT2D eigenvalue weighted by Crippen LogP contribution is -2.20. The van der Waals surface area contributed by atoms with Crippen molar-refractivity contribution in [2.24, 2.45) is 0 Å². The summed E-state index contributed by atoms with van der Waals surface area (Å²) in [6.45, 7) is 5.43.